The molecule has 1 aliphatic rings. The van der Waals surface area contributed by atoms with E-state index in [1.807, 2.05) is 0 Å². The van der Waals surface area contributed by atoms with E-state index >= 15 is 0 Å². The molecule has 2 radical (unpaired) electrons. The molecule has 0 N–H and O–H groups in total. The molecular weight excluding hydrogens is 271 g/mol. The summed E-state index contributed by atoms with van der Waals surface area (Å²) in [5.41, 5.74) is 5.96. The van der Waals surface area contributed by atoms with Gasteiger partial charge in [0.2, 0.25) is 0 Å². The monoisotopic (exact) mass is 280 g/mol. The van der Waals surface area contributed by atoms with E-state index in [1.165, 1.54) is 41.1 Å². The zero-order valence-electron chi connectivity index (χ0n) is 7.83. The molecule has 0 fully saturated rings. The van der Waals surface area contributed by atoms with Crippen LogP contribution in [0.1, 0.15) is 11.1 Å². The first-order chi connectivity index (χ1) is 6.86. The van der Waals surface area contributed by atoms with E-state index in [9.17, 15) is 0 Å². The van der Waals surface area contributed by atoms with Crippen LogP contribution in [-0.4, -0.2) is 24.4 Å². The Balaban J connectivity index is 2.33. The quantitative estimate of drug-likeness (QED) is 0.591. The first-order valence-electron chi connectivity index (χ1n) is 4.82. The van der Waals surface area contributed by atoms with Crippen molar-refractivity contribution in [1.82, 2.24) is 0 Å². The molecule has 0 bridgehead atoms. The first kappa shape index (κ1) is 8.60. The third-order valence-corrected chi connectivity index (χ3v) is 4.43. The van der Waals surface area contributed by atoms with Gasteiger partial charge >= 0.3 is 98.8 Å². The van der Waals surface area contributed by atoms with Crippen molar-refractivity contribution in [3.8, 4) is 11.1 Å². The van der Waals surface area contributed by atoms with Gasteiger partial charge in [0.25, 0.3) is 0 Å². The van der Waals surface area contributed by atoms with Crippen molar-refractivity contribution in [2.75, 3.05) is 0 Å². The van der Waals surface area contributed by atoms with Gasteiger partial charge < -0.3 is 0 Å². The maximum absolute atomic E-state index is 2.26. The van der Waals surface area contributed by atoms with Crippen molar-refractivity contribution in [3.63, 3.8) is 0 Å². The average molecular weight is 280 g/mol. The van der Waals surface area contributed by atoms with Crippen LogP contribution >= 0.6 is 0 Å². The Labute approximate surface area is 98.5 Å². The van der Waals surface area contributed by atoms with Crippen molar-refractivity contribution in [2.24, 2.45) is 0 Å². The summed E-state index contributed by atoms with van der Waals surface area (Å²) in [7, 11) is 0. The molecule has 2 aromatic carbocycles. The topological polar surface area (TPSA) is 0 Å². The van der Waals surface area contributed by atoms with E-state index in [-0.39, 0.29) is 0 Å². The van der Waals surface area contributed by atoms with E-state index in [0.717, 1.165) is 6.42 Å². The minimum atomic E-state index is 1.14. The molecule has 0 amide bonds. The number of fused-ring (bicyclic) bond motifs is 3. The van der Waals surface area contributed by atoms with Crippen LogP contribution in [0.15, 0.2) is 42.5 Å². The van der Waals surface area contributed by atoms with Gasteiger partial charge in [-0.05, 0) is 0 Å². The second-order valence-electron chi connectivity index (χ2n) is 3.71. The predicted octanol–water partition coefficient (Wildman–Crippen LogP) is 2.05. The van der Waals surface area contributed by atoms with E-state index in [0.29, 0.717) is 0 Å². The van der Waals surface area contributed by atoms with Gasteiger partial charge in [-0.1, -0.05) is 0 Å². The molecule has 0 heterocycles. The molecule has 0 aliphatic heterocycles. The zero-order valence-corrected chi connectivity index (χ0v) is 11.1. The third-order valence-electron chi connectivity index (χ3n) is 2.89. The molecular formula is C13H9In. The number of hydrogen-bond donors (Lipinski definition) is 0. The summed E-state index contributed by atoms with van der Waals surface area (Å²) in [6.45, 7) is 0. The zero-order chi connectivity index (χ0) is 9.54. The fourth-order valence-corrected chi connectivity index (χ4v) is 3.23. The van der Waals surface area contributed by atoms with E-state index in [2.05, 4.69) is 42.5 Å². The van der Waals surface area contributed by atoms with E-state index in [1.54, 1.807) is 8.88 Å². The summed E-state index contributed by atoms with van der Waals surface area (Å²) in [4.78, 5) is 0. The third kappa shape index (κ3) is 1.15. The fourth-order valence-electron chi connectivity index (χ4n) is 2.18. The Bertz CT molecular complexity index is 500. The Morgan fingerprint density at radius 1 is 0.857 bits per heavy atom. The second kappa shape index (κ2) is 3.16. The van der Waals surface area contributed by atoms with Crippen molar-refractivity contribution >= 4 is 27.7 Å². The number of benzene rings is 2. The Kier molecular flexibility index (Phi) is 1.94. The van der Waals surface area contributed by atoms with Gasteiger partial charge in [0.1, 0.15) is 0 Å². The van der Waals surface area contributed by atoms with Gasteiger partial charge in [0.05, 0.1) is 0 Å². The van der Waals surface area contributed by atoms with Crippen LogP contribution in [0.4, 0.5) is 0 Å². The molecule has 0 saturated carbocycles. The van der Waals surface area contributed by atoms with Crippen LogP contribution in [0.25, 0.3) is 11.1 Å². The van der Waals surface area contributed by atoms with Crippen LogP contribution < -0.4 is 3.32 Å². The molecule has 0 unspecified atom stereocenters. The molecule has 14 heavy (non-hydrogen) atoms. The van der Waals surface area contributed by atoms with Crippen LogP contribution in [0.5, 0.6) is 0 Å². The first-order valence-corrected chi connectivity index (χ1v) is 6.46. The van der Waals surface area contributed by atoms with Crippen LogP contribution in [-0.2, 0) is 6.42 Å². The van der Waals surface area contributed by atoms with Gasteiger partial charge in [0, 0.05) is 0 Å². The summed E-state index contributed by atoms with van der Waals surface area (Å²) in [5, 5.41) is 0. The normalized spacial score (nSPS) is 12.3. The number of rotatable bonds is 0. The summed E-state index contributed by atoms with van der Waals surface area (Å²) >= 11 is 1.22. The van der Waals surface area contributed by atoms with E-state index < -0.39 is 0 Å². The van der Waals surface area contributed by atoms with Gasteiger partial charge in [-0.25, -0.2) is 0 Å². The molecule has 1 heteroatoms. The van der Waals surface area contributed by atoms with Crippen molar-refractivity contribution in [1.29, 1.82) is 0 Å². The molecule has 1 aliphatic carbocycles. The molecule has 2 aromatic rings. The maximum atomic E-state index is 2.26. The molecule has 3 rings (SSSR count). The Morgan fingerprint density at radius 3 is 2.57 bits per heavy atom. The Hall–Kier alpha value is -0.690. The minimum absolute atomic E-state index is 1.14. The van der Waals surface area contributed by atoms with Gasteiger partial charge in [-0.2, -0.15) is 0 Å². The second-order valence-corrected chi connectivity index (χ2v) is 5.48. The summed E-state index contributed by atoms with van der Waals surface area (Å²) in [6.07, 6.45) is 1.14. The predicted molar refractivity (Wildman–Crippen MR) is 60.1 cm³/mol. The molecule has 0 atom stereocenters. The van der Waals surface area contributed by atoms with Gasteiger partial charge in [-0.3, -0.25) is 0 Å². The Morgan fingerprint density at radius 2 is 1.64 bits per heavy atom. The van der Waals surface area contributed by atoms with Gasteiger partial charge in [-0.15, -0.1) is 0 Å². The summed E-state index contributed by atoms with van der Waals surface area (Å²) in [6, 6.07) is 15.4. The van der Waals surface area contributed by atoms with Crippen molar-refractivity contribution in [3.05, 3.63) is 53.6 Å². The van der Waals surface area contributed by atoms with Crippen LogP contribution in [0, 0.1) is 0 Å². The van der Waals surface area contributed by atoms with Crippen molar-refractivity contribution in [2.45, 2.75) is 6.42 Å². The van der Waals surface area contributed by atoms with Crippen LogP contribution in [0.3, 0.4) is 0 Å². The molecule has 0 nitrogen and oxygen atoms in total. The van der Waals surface area contributed by atoms with E-state index in [4.69, 9.17) is 0 Å². The number of hydrogen-bond acceptors (Lipinski definition) is 0. The SMILES string of the molecule is [In][c]1cccc2c1Cc1ccccc1-2. The van der Waals surface area contributed by atoms with Crippen LogP contribution in [0.2, 0.25) is 0 Å². The van der Waals surface area contributed by atoms with Crippen molar-refractivity contribution < 1.29 is 0 Å². The fraction of sp³-hybridized carbons (Fsp3) is 0.0769. The standard InChI is InChI=1S/C13H9.In/c1-3-7-12-10(5-1)9-11-6-2-4-8-13(11)12;/h1-5,7-8H,9H2;. The molecule has 0 aromatic heterocycles. The molecule has 0 spiro atoms. The molecule has 64 valence electrons. The summed E-state index contributed by atoms with van der Waals surface area (Å²) < 4.78 is 1.55. The molecule has 0 saturated heterocycles. The average Bonchev–Trinajstić information content (AvgIpc) is 2.59. The summed E-state index contributed by atoms with van der Waals surface area (Å²) in [5.74, 6) is 0. The van der Waals surface area contributed by atoms with Gasteiger partial charge in [0.15, 0.2) is 0 Å².